The number of H-pyrrole nitrogens is 1. The van der Waals surface area contributed by atoms with Crippen LogP contribution < -0.4 is 5.73 Å². The Morgan fingerprint density at radius 1 is 1.33 bits per heavy atom. The second-order valence-electron chi connectivity index (χ2n) is 4.65. The van der Waals surface area contributed by atoms with Crippen LogP contribution in [-0.2, 0) is 14.8 Å². The van der Waals surface area contributed by atoms with E-state index in [0.29, 0.717) is 37.4 Å². The molecule has 0 radical (unpaired) electrons. The summed E-state index contributed by atoms with van der Waals surface area (Å²) in [7, 11) is -3.57. The lowest BCUT2D eigenvalue weighted by molar-refractivity contribution is 0.135. The minimum atomic E-state index is -3.57. The fourth-order valence-corrected chi connectivity index (χ4v) is 3.81. The van der Waals surface area contributed by atoms with Gasteiger partial charge < -0.3 is 15.5 Å². The molecule has 0 saturated heterocycles. The molecule has 0 aliphatic heterocycles. The number of sulfonamides is 1. The fourth-order valence-electron chi connectivity index (χ4n) is 2.22. The van der Waals surface area contributed by atoms with Crippen LogP contribution in [0, 0.1) is 0 Å². The molecule has 7 heteroatoms. The van der Waals surface area contributed by atoms with Gasteiger partial charge in [0.05, 0.1) is 6.61 Å². The number of hydrogen-bond acceptors (Lipinski definition) is 4. The first-order chi connectivity index (χ1) is 10.0. The van der Waals surface area contributed by atoms with Crippen molar-refractivity contribution in [2.45, 2.75) is 18.7 Å². The molecule has 0 unspecified atom stereocenters. The Morgan fingerprint density at radius 3 is 2.76 bits per heavy atom. The van der Waals surface area contributed by atoms with Gasteiger partial charge in [-0.3, -0.25) is 0 Å². The van der Waals surface area contributed by atoms with E-state index in [0.717, 1.165) is 5.52 Å². The Balaban J connectivity index is 2.38. The van der Waals surface area contributed by atoms with Crippen molar-refractivity contribution in [1.29, 1.82) is 0 Å². The molecule has 1 aromatic carbocycles. The SMILES string of the molecule is CCOCCN(CC)S(=O)(=O)c1c[nH]c2ccc(N)cc12. The molecule has 21 heavy (non-hydrogen) atoms. The normalized spacial score (nSPS) is 12.3. The molecular formula is C14H21N3O3S. The van der Waals surface area contributed by atoms with Crippen LogP contribution in [0.15, 0.2) is 29.3 Å². The van der Waals surface area contributed by atoms with Gasteiger partial charge in [-0.15, -0.1) is 0 Å². The topological polar surface area (TPSA) is 88.4 Å². The monoisotopic (exact) mass is 311 g/mol. The standard InChI is InChI=1S/C14H21N3O3S/c1-3-17(7-8-20-4-2)21(18,19)14-10-16-13-6-5-11(15)9-12(13)14/h5-6,9-10,16H,3-4,7-8,15H2,1-2H3. The third-order valence-corrected chi connectivity index (χ3v) is 5.34. The average Bonchev–Trinajstić information content (AvgIpc) is 2.87. The minimum absolute atomic E-state index is 0.253. The molecule has 0 bridgehead atoms. The lowest BCUT2D eigenvalue weighted by Gasteiger charge is -2.19. The van der Waals surface area contributed by atoms with Crippen molar-refractivity contribution in [3.8, 4) is 0 Å². The predicted molar refractivity (Wildman–Crippen MR) is 83.6 cm³/mol. The van der Waals surface area contributed by atoms with Crippen LogP contribution in [-0.4, -0.2) is 44.0 Å². The molecule has 0 amide bonds. The van der Waals surface area contributed by atoms with E-state index < -0.39 is 10.0 Å². The summed E-state index contributed by atoms with van der Waals surface area (Å²) in [6.45, 7) is 5.38. The maximum atomic E-state index is 12.8. The predicted octanol–water partition coefficient (Wildman–Crippen LogP) is 1.80. The third kappa shape index (κ3) is 3.20. The first-order valence-corrected chi connectivity index (χ1v) is 8.39. The lowest BCUT2D eigenvalue weighted by atomic mass is 10.2. The highest BCUT2D eigenvalue weighted by Gasteiger charge is 2.25. The Labute approximate surface area is 124 Å². The van der Waals surface area contributed by atoms with Crippen LogP contribution in [0.2, 0.25) is 0 Å². The molecule has 0 aliphatic carbocycles. The van der Waals surface area contributed by atoms with Crippen molar-refractivity contribution >= 4 is 26.6 Å². The molecule has 2 aromatic rings. The van der Waals surface area contributed by atoms with Gasteiger partial charge in [-0.05, 0) is 25.1 Å². The number of likely N-dealkylation sites (N-methyl/N-ethyl adjacent to an activating group) is 1. The van der Waals surface area contributed by atoms with Crippen molar-refractivity contribution in [3.05, 3.63) is 24.4 Å². The van der Waals surface area contributed by atoms with Crippen molar-refractivity contribution in [3.63, 3.8) is 0 Å². The maximum Gasteiger partial charge on any atom is 0.245 e. The molecule has 0 atom stereocenters. The van der Waals surface area contributed by atoms with Crippen LogP contribution in [0.5, 0.6) is 0 Å². The number of nitrogens with zero attached hydrogens (tertiary/aromatic N) is 1. The van der Waals surface area contributed by atoms with Gasteiger partial charge >= 0.3 is 0 Å². The van der Waals surface area contributed by atoms with Gasteiger partial charge in [0, 0.05) is 42.5 Å². The number of nitrogens with one attached hydrogen (secondary N) is 1. The van der Waals surface area contributed by atoms with E-state index >= 15 is 0 Å². The lowest BCUT2D eigenvalue weighted by Crippen LogP contribution is -2.33. The van der Waals surface area contributed by atoms with E-state index in [1.807, 2.05) is 13.8 Å². The van der Waals surface area contributed by atoms with Crippen LogP contribution >= 0.6 is 0 Å². The number of aromatic nitrogens is 1. The summed E-state index contributed by atoms with van der Waals surface area (Å²) in [5.74, 6) is 0. The van der Waals surface area contributed by atoms with Gasteiger partial charge in [0.1, 0.15) is 4.90 Å². The summed E-state index contributed by atoms with van der Waals surface area (Å²) in [4.78, 5) is 3.23. The average molecular weight is 311 g/mol. The Bertz CT molecular complexity index is 709. The second-order valence-corrected chi connectivity index (χ2v) is 6.56. The van der Waals surface area contributed by atoms with Crippen molar-refractivity contribution in [2.75, 3.05) is 32.0 Å². The number of fused-ring (bicyclic) bond motifs is 1. The number of hydrogen-bond donors (Lipinski definition) is 2. The second kappa shape index (κ2) is 6.46. The summed E-state index contributed by atoms with van der Waals surface area (Å²) >= 11 is 0. The van der Waals surface area contributed by atoms with E-state index in [4.69, 9.17) is 10.5 Å². The molecule has 0 saturated carbocycles. The van der Waals surface area contributed by atoms with E-state index in [-0.39, 0.29) is 4.90 Å². The fraction of sp³-hybridized carbons (Fsp3) is 0.429. The Kier molecular flexibility index (Phi) is 4.87. The summed E-state index contributed by atoms with van der Waals surface area (Å²) in [6, 6.07) is 5.19. The van der Waals surface area contributed by atoms with Gasteiger partial charge in [-0.25, -0.2) is 8.42 Å². The number of rotatable bonds is 7. The zero-order chi connectivity index (χ0) is 15.5. The highest BCUT2D eigenvalue weighted by atomic mass is 32.2. The molecule has 6 nitrogen and oxygen atoms in total. The molecule has 0 fully saturated rings. The molecule has 0 aliphatic rings. The molecule has 0 spiro atoms. The van der Waals surface area contributed by atoms with E-state index in [2.05, 4.69) is 4.98 Å². The number of nitrogens with two attached hydrogens (primary N) is 1. The number of anilines is 1. The van der Waals surface area contributed by atoms with E-state index in [1.165, 1.54) is 10.5 Å². The highest BCUT2D eigenvalue weighted by Crippen LogP contribution is 2.27. The number of aromatic amines is 1. The summed E-state index contributed by atoms with van der Waals surface area (Å²) < 4.78 is 32.2. The molecule has 2 rings (SSSR count). The summed E-state index contributed by atoms with van der Waals surface area (Å²) in [6.07, 6.45) is 1.52. The first kappa shape index (κ1) is 15.8. The summed E-state index contributed by atoms with van der Waals surface area (Å²) in [5, 5.41) is 0.616. The van der Waals surface area contributed by atoms with Gasteiger partial charge in [-0.1, -0.05) is 6.92 Å². The summed E-state index contributed by atoms with van der Waals surface area (Å²) in [5.41, 5.74) is 7.05. The molecule has 1 aromatic heterocycles. The highest BCUT2D eigenvalue weighted by molar-refractivity contribution is 7.89. The van der Waals surface area contributed by atoms with Gasteiger partial charge in [0.2, 0.25) is 10.0 Å². The van der Waals surface area contributed by atoms with Crippen molar-refractivity contribution < 1.29 is 13.2 Å². The number of benzene rings is 1. The maximum absolute atomic E-state index is 12.8. The minimum Gasteiger partial charge on any atom is -0.399 e. The quantitative estimate of drug-likeness (QED) is 0.603. The van der Waals surface area contributed by atoms with E-state index in [9.17, 15) is 8.42 Å². The van der Waals surface area contributed by atoms with E-state index in [1.54, 1.807) is 18.2 Å². The van der Waals surface area contributed by atoms with Gasteiger partial charge in [0.25, 0.3) is 0 Å². The van der Waals surface area contributed by atoms with Crippen LogP contribution in [0.25, 0.3) is 10.9 Å². The molecule has 1 heterocycles. The molecule has 3 N–H and O–H groups in total. The number of ether oxygens (including phenoxy) is 1. The van der Waals surface area contributed by atoms with Crippen LogP contribution in [0.3, 0.4) is 0 Å². The zero-order valence-corrected chi connectivity index (χ0v) is 13.1. The Hall–Kier alpha value is -1.57. The molecular weight excluding hydrogens is 290 g/mol. The smallest absolute Gasteiger partial charge is 0.245 e. The van der Waals surface area contributed by atoms with Gasteiger partial charge in [0.15, 0.2) is 0 Å². The van der Waals surface area contributed by atoms with Crippen LogP contribution in [0.1, 0.15) is 13.8 Å². The van der Waals surface area contributed by atoms with Crippen molar-refractivity contribution in [1.82, 2.24) is 9.29 Å². The van der Waals surface area contributed by atoms with Crippen LogP contribution in [0.4, 0.5) is 5.69 Å². The first-order valence-electron chi connectivity index (χ1n) is 6.95. The third-order valence-electron chi connectivity index (χ3n) is 3.33. The number of nitrogen functional groups attached to an aromatic ring is 1. The largest absolute Gasteiger partial charge is 0.399 e. The van der Waals surface area contributed by atoms with Crippen molar-refractivity contribution in [2.24, 2.45) is 0 Å². The zero-order valence-electron chi connectivity index (χ0n) is 12.3. The molecule has 116 valence electrons. The van der Waals surface area contributed by atoms with Gasteiger partial charge in [-0.2, -0.15) is 4.31 Å². The Morgan fingerprint density at radius 2 is 2.10 bits per heavy atom.